The molecular weight excluding hydrogens is 207 g/mol. The van der Waals surface area contributed by atoms with Crippen LogP contribution >= 0.6 is 0 Å². The summed E-state index contributed by atoms with van der Waals surface area (Å²) >= 11 is 0. The first-order chi connectivity index (χ1) is 7.66. The van der Waals surface area contributed by atoms with Crippen LogP contribution in [-0.2, 0) is 13.5 Å². The molecule has 0 amide bonds. The van der Waals surface area contributed by atoms with Gasteiger partial charge in [-0.15, -0.1) is 0 Å². The molecule has 1 atom stereocenters. The quantitative estimate of drug-likeness (QED) is 0.845. The summed E-state index contributed by atoms with van der Waals surface area (Å²) in [4.78, 5) is 3.69. The van der Waals surface area contributed by atoms with Crippen LogP contribution < -0.4 is 5.73 Å². The Bertz CT molecular complexity index is 480. The van der Waals surface area contributed by atoms with Gasteiger partial charge in [0.2, 0.25) is 0 Å². The van der Waals surface area contributed by atoms with E-state index in [-0.39, 0.29) is 11.9 Å². The number of nitrogens with two attached hydrogens (primary N) is 1. The number of rotatable bonds is 3. The van der Waals surface area contributed by atoms with E-state index in [0.29, 0.717) is 12.0 Å². The maximum absolute atomic E-state index is 13.4. The Morgan fingerprint density at radius 2 is 2.31 bits per heavy atom. The molecule has 0 aliphatic heterocycles. The number of halogens is 1. The van der Waals surface area contributed by atoms with E-state index in [1.54, 1.807) is 23.1 Å². The Balaban J connectivity index is 2.14. The highest BCUT2D eigenvalue weighted by Crippen LogP contribution is 2.17. The monoisotopic (exact) mass is 220 g/mol. The summed E-state index contributed by atoms with van der Waals surface area (Å²) in [6.45, 7) is 0. The maximum atomic E-state index is 13.4. The number of pyridine rings is 1. The third-order valence-electron chi connectivity index (χ3n) is 2.42. The molecule has 0 aliphatic carbocycles. The van der Waals surface area contributed by atoms with E-state index < -0.39 is 0 Å². The van der Waals surface area contributed by atoms with Crippen molar-refractivity contribution in [3.8, 4) is 0 Å². The second kappa shape index (κ2) is 4.40. The largest absolute Gasteiger partial charge is 0.324 e. The van der Waals surface area contributed by atoms with E-state index in [9.17, 15) is 4.39 Å². The summed E-state index contributed by atoms with van der Waals surface area (Å²) in [5.41, 5.74) is 7.41. The fourth-order valence-electron chi connectivity index (χ4n) is 1.63. The van der Waals surface area contributed by atoms with E-state index in [4.69, 9.17) is 5.73 Å². The molecule has 2 aromatic heterocycles. The molecule has 4 nitrogen and oxygen atoms in total. The minimum Gasteiger partial charge on any atom is -0.324 e. The highest BCUT2D eigenvalue weighted by molar-refractivity contribution is 5.20. The van der Waals surface area contributed by atoms with Crippen LogP contribution in [0.5, 0.6) is 0 Å². The Morgan fingerprint density at radius 1 is 1.50 bits per heavy atom. The van der Waals surface area contributed by atoms with E-state index in [1.807, 2.05) is 13.2 Å². The van der Waals surface area contributed by atoms with Gasteiger partial charge in [-0.3, -0.25) is 9.67 Å². The number of hydrogen-bond acceptors (Lipinski definition) is 3. The van der Waals surface area contributed by atoms with Crippen LogP contribution in [0.25, 0.3) is 0 Å². The molecule has 84 valence electrons. The lowest BCUT2D eigenvalue weighted by molar-refractivity contribution is 0.574. The van der Waals surface area contributed by atoms with Crippen LogP contribution in [-0.4, -0.2) is 14.8 Å². The van der Waals surface area contributed by atoms with Gasteiger partial charge in [0.15, 0.2) is 0 Å². The van der Waals surface area contributed by atoms with Crippen LogP contribution in [0.15, 0.2) is 30.9 Å². The van der Waals surface area contributed by atoms with Gasteiger partial charge in [-0.25, -0.2) is 4.39 Å². The predicted molar refractivity (Wildman–Crippen MR) is 58.0 cm³/mol. The minimum absolute atomic E-state index is 0.362. The smallest absolute Gasteiger partial charge is 0.146 e. The van der Waals surface area contributed by atoms with Crippen LogP contribution in [0, 0.1) is 5.82 Å². The normalized spacial score (nSPS) is 12.7. The van der Waals surface area contributed by atoms with Gasteiger partial charge in [-0.05, 0) is 18.1 Å². The lowest BCUT2D eigenvalue weighted by Gasteiger charge is -2.10. The number of nitrogens with zero attached hydrogens (tertiary/aromatic N) is 3. The number of hydrogen-bond donors (Lipinski definition) is 1. The summed E-state index contributed by atoms with van der Waals surface area (Å²) in [7, 11) is 1.84. The van der Waals surface area contributed by atoms with Crippen molar-refractivity contribution in [3.05, 3.63) is 47.8 Å². The van der Waals surface area contributed by atoms with E-state index in [1.165, 1.54) is 6.20 Å². The van der Waals surface area contributed by atoms with Crippen molar-refractivity contribution in [1.82, 2.24) is 14.8 Å². The summed E-state index contributed by atoms with van der Waals surface area (Å²) in [5, 5.41) is 4.04. The summed E-state index contributed by atoms with van der Waals surface area (Å²) < 4.78 is 15.1. The van der Waals surface area contributed by atoms with Gasteiger partial charge in [0.25, 0.3) is 0 Å². The van der Waals surface area contributed by atoms with Gasteiger partial charge >= 0.3 is 0 Å². The van der Waals surface area contributed by atoms with Crippen LogP contribution in [0.2, 0.25) is 0 Å². The van der Waals surface area contributed by atoms with Crippen LogP contribution in [0.1, 0.15) is 17.2 Å². The SMILES string of the molecule is Cn1cc(CC(N)c2ccncc2F)cn1. The molecule has 5 heteroatoms. The second-order valence-corrected chi connectivity index (χ2v) is 3.73. The maximum Gasteiger partial charge on any atom is 0.146 e. The average Bonchev–Trinajstić information content (AvgIpc) is 2.64. The van der Waals surface area contributed by atoms with Crippen molar-refractivity contribution in [1.29, 1.82) is 0 Å². The third kappa shape index (κ3) is 2.25. The molecule has 2 aromatic rings. The first-order valence-electron chi connectivity index (χ1n) is 4.99. The van der Waals surface area contributed by atoms with Crippen LogP contribution in [0.4, 0.5) is 4.39 Å². The standard InChI is InChI=1S/C11H13FN4/c1-16-7-8(5-15-16)4-11(13)9-2-3-14-6-10(9)12/h2-3,5-7,11H,4,13H2,1H3. The van der Waals surface area contributed by atoms with Crippen molar-refractivity contribution in [2.24, 2.45) is 12.8 Å². The fourth-order valence-corrected chi connectivity index (χ4v) is 1.63. The second-order valence-electron chi connectivity index (χ2n) is 3.73. The molecule has 1 unspecified atom stereocenters. The fraction of sp³-hybridized carbons (Fsp3) is 0.273. The van der Waals surface area contributed by atoms with Gasteiger partial charge in [0.05, 0.1) is 12.4 Å². The lowest BCUT2D eigenvalue weighted by atomic mass is 10.0. The Hall–Kier alpha value is -1.75. The Morgan fingerprint density at radius 3 is 2.94 bits per heavy atom. The van der Waals surface area contributed by atoms with Crippen molar-refractivity contribution in [2.75, 3.05) is 0 Å². The van der Waals surface area contributed by atoms with Gasteiger partial charge in [-0.2, -0.15) is 5.10 Å². The number of aromatic nitrogens is 3. The van der Waals surface area contributed by atoms with Crippen molar-refractivity contribution < 1.29 is 4.39 Å². The first kappa shape index (κ1) is 10.8. The third-order valence-corrected chi connectivity index (χ3v) is 2.42. The molecule has 2 N–H and O–H groups in total. The highest BCUT2D eigenvalue weighted by Gasteiger charge is 2.12. The summed E-state index contributed by atoms with van der Waals surface area (Å²) in [6.07, 6.45) is 6.90. The molecule has 0 saturated carbocycles. The van der Waals surface area contributed by atoms with Crippen molar-refractivity contribution in [3.63, 3.8) is 0 Å². The summed E-state index contributed by atoms with van der Waals surface area (Å²) in [6, 6.07) is 1.24. The zero-order chi connectivity index (χ0) is 11.5. The molecule has 2 heterocycles. The van der Waals surface area contributed by atoms with Crippen molar-refractivity contribution in [2.45, 2.75) is 12.5 Å². The topological polar surface area (TPSA) is 56.7 Å². The number of aryl methyl sites for hydroxylation is 1. The Kier molecular flexibility index (Phi) is 2.96. The van der Waals surface area contributed by atoms with E-state index >= 15 is 0 Å². The molecule has 16 heavy (non-hydrogen) atoms. The average molecular weight is 220 g/mol. The van der Waals surface area contributed by atoms with Crippen molar-refractivity contribution >= 4 is 0 Å². The molecule has 0 saturated heterocycles. The molecule has 0 aliphatic rings. The van der Waals surface area contributed by atoms with E-state index in [0.717, 1.165) is 5.56 Å². The molecular formula is C11H13FN4. The zero-order valence-corrected chi connectivity index (χ0v) is 8.97. The van der Waals surface area contributed by atoms with Crippen LogP contribution in [0.3, 0.4) is 0 Å². The molecule has 0 spiro atoms. The lowest BCUT2D eigenvalue weighted by Crippen LogP contribution is -2.14. The molecule has 0 radical (unpaired) electrons. The van der Waals surface area contributed by atoms with Gasteiger partial charge in [0, 0.05) is 31.0 Å². The van der Waals surface area contributed by atoms with Gasteiger partial charge in [0.1, 0.15) is 5.82 Å². The molecule has 0 fully saturated rings. The summed E-state index contributed by atoms with van der Waals surface area (Å²) in [5.74, 6) is -0.362. The van der Waals surface area contributed by atoms with E-state index in [2.05, 4.69) is 10.1 Å². The molecule has 0 aromatic carbocycles. The Labute approximate surface area is 92.9 Å². The highest BCUT2D eigenvalue weighted by atomic mass is 19.1. The molecule has 2 rings (SSSR count). The first-order valence-corrected chi connectivity index (χ1v) is 4.99. The minimum atomic E-state index is -0.368. The van der Waals surface area contributed by atoms with Gasteiger partial charge in [-0.1, -0.05) is 0 Å². The zero-order valence-electron chi connectivity index (χ0n) is 8.97. The predicted octanol–water partition coefficient (Wildman–Crippen LogP) is 1.20. The molecule has 0 bridgehead atoms. The van der Waals surface area contributed by atoms with Gasteiger partial charge < -0.3 is 5.73 Å².